The maximum atomic E-state index is 12.7. The molecule has 0 radical (unpaired) electrons. The Morgan fingerprint density at radius 3 is 1.21 bits per heavy atom. The van der Waals surface area contributed by atoms with Crippen LogP contribution in [0.1, 0.15) is 105 Å². The highest BCUT2D eigenvalue weighted by atomic mass is 16.2. The van der Waals surface area contributed by atoms with Crippen molar-refractivity contribution >= 4 is 6.03 Å². The van der Waals surface area contributed by atoms with Crippen LogP contribution in [0.15, 0.2) is 0 Å². The minimum Gasteiger partial charge on any atom is -0.325 e. The van der Waals surface area contributed by atoms with Crippen molar-refractivity contribution in [2.45, 2.75) is 105 Å². The van der Waals surface area contributed by atoms with Crippen molar-refractivity contribution in [2.24, 2.45) is 0 Å². The van der Waals surface area contributed by atoms with E-state index in [1.165, 1.54) is 64.2 Å². The summed E-state index contributed by atoms with van der Waals surface area (Å²) in [5.74, 6) is 0. The fraction of sp³-hybridized carbons (Fsp3) is 0.952. The number of urea groups is 1. The van der Waals surface area contributed by atoms with Gasteiger partial charge in [0.05, 0.1) is 0 Å². The summed E-state index contributed by atoms with van der Waals surface area (Å²) in [5.41, 5.74) is 0. The van der Waals surface area contributed by atoms with E-state index in [0.717, 1.165) is 39.0 Å². The Hall–Kier alpha value is -0.730. The van der Waals surface area contributed by atoms with Gasteiger partial charge in [0.15, 0.2) is 0 Å². The molecule has 0 aromatic carbocycles. The van der Waals surface area contributed by atoms with E-state index in [0.29, 0.717) is 0 Å². The van der Waals surface area contributed by atoms with Gasteiger partial charge in [0.25, 0.3) is 0 Å². The summed E-state index contributed by atoms with van der Waals surface area (Å²) in [4.78, 5) is 16.8. The standard InChI is InChI=1S/C21H44N2O/c1-5-9-11-13-15-17-19-22(7-3)21(24)23(8-4)20-18-16-14-12-10-6-2/h5-20H2,1-4H3. The fourth-order valence-corrected chi connectivity index (χ4v) is 3.14. The number of carbonyl (C=O) groups is 1. The molecule has 0 saturated heterocycles. The number of rotatable bonds is 16. The van der Waals surface area contributed by atoms with Gasteiger partial charge in [0.2, 0.25) is 0 Å². The molecule has 0 aromatic rings. The Morgan fingerprint density at radius 1 is 0.542 bits per heavy atom. The molecule has 0 spiro atoms. The summed E-state index contributed by atoms with van der Waals surface area (Å²) in [6.07, 6.45) is 15.4. The van der Waals surface area contributed by atoms with E-state index in [1.807, 2.05) is 9.80 Å². The first-order valence-corrected chi connectivity index (χ1v) is 10.7. The van der Waals surface area contributed by atoms with Crippen LogP contribution in [0, 0.1) is 0 Å². The van der Waals surface area contributed by atoms with Gasteiger partial charge in [-0.05, 0) is 26.7 Å². The van der Waals surface area contributed by atoms with Gasteiger partial charge in [-0.2, -0.15) is 0 Å². The summed E-state index contributed by atoms with van der Waals surface area (Å²) in [6, 6.07) is 0.252. The molecule has 144 valence electrons. The Balaban J connectivity index is 3.98. The number of unbranched alkanes of at least 4 members (excludes halogenated alkanes) is 10. The van der Waals surface area contributed by atoms with Crippen LogP contribution in [-0.4, -0.2) is 42.0 Å². The minimum atomic E-state index is 0.252. The van der Waals surface area contributed by atoms with Crippen LogP contribution in [0.4, 0.5) is 4.79 Å². The van der Waals surface area contributed by atoms with E-state index in [9.17, 15) is 4.79 Å². The SMILES string of the molecule is CCCCCCCCN(CC)C(=O)N(CC)CCCCCCCC. The predicted molar refractivity (Wildman–Crippen MR) is 107 cm³/mol. The maximum Gasteiger partial charge on any atom is 0.319 e. The van der Waals surface area contributed by atoms with Crippen molar-refractivity contribution in [3.8, 4) is 0 Å². The summed E-state index contributed by atoms with van der Waals surface area (Å²) in [7, 11) is 0. The van der Waals surface area contributed by atoms with Crippen molar-refractivity contribution < 1.29 is 4.79 Å². The smallest absolute Gasteiger partial charge is 0.319 e. The fourth-order valence-electron chi connectivity index (χ4n) is 3.14. The molecule has 0 fully saturated rings. The molecular formula is C21H44N2O. The monoisotopic (exact) mass is 340 g/mol. The molecule has 0 aliphatic carbocycles. The molecule has 0 aliphatic rings. The first kappa shape index (κ1) is 23.3. The quantitative estimate of drug-likeness (QED) is 0.295. The molecule has 0 rings (SSSR count). The van der Waals surface area contributed by atoms with Gasteiger partial charge in [0.1, 0.15) is 0 Å². The number of amides is 2. The normalized spacial score (nSPS) is 10.8. The predicted octanol–water partition coefficient (Wildman–Crippen LogP) is 6.47. The van der Waals surface area contributed by atoms with E-state index in [4.69, 9.17) is 0 Å². The van der Waals surface area contributed by atoms with Crippen LogP contribution in [-0.2, 0) is 0 Å². The van der Waals surface area contributed by atoms with Crippen LogP contribution in [0.2, 0.25) is 0 Å². The topological polar surface area (TPSA) is 23.6 Å². The van der Waals surface area contributed by atoms with E-state index in [1.54, 1.807) is 0 Å². The van der Waals surface area contributed by atoms with Crippen LogP contribution < -0.4 is 0 Å². The number of carbonyl (C=O) groups excluding carboxylic acids is 1. The Bertz CT molecular complexity index is 255. The van der Waals surface area contributed by atoms with Gasteiger partial charge >= 0.3 is 6.03 Å². The third-order valence-electron chi connectivity index (χ3n) is 4.87. The van der Waals surface area contributed by atoms with Crippen molar-refractivity contribution in [3.63, 3.8) is 0 Å². The lowest BCUT2D eigenvalue weighted by atomic mass is 10.1. The second-order valence-corrected chi connectivity index (χ2v) is 6.98. The zero-order chi connectivity index (χ0) is 18.0. The Labute approximate surface area is 152 Å². The first-order chi connectivity index (χ1) is 11.7. The molecular weight excluding hydrogens is 296 g/mol. The first-order valence-electron chi connectivity index (χ1n) is 10.7. The average molecular weight is 341 g/mol. The highest BCUT2D eigenvalue weighted by Gasteiger charge is 2.17. The van der Waals surface area contributed by atoms with Crippen LogP contribution in [0.25, 0.3) is 0 Å². The molecule has 0 heterocycles. The van der Waals surface area contributed by atoms with Gasteiger partial charge in [-0.25, -0.2) is 4.79 Å². The van der Waals surface area contributed by atoms with Crippen LogP contribution in [0.5, 0.6) is 0 Å². The van der Waals surface area contributed by atoms with Gasteiger partial charge in [-0.15, -0.1) is 0 Å². The Morgan fingerprint density at radius 2 is 0.875 bits per heavy atom. The molecule has 0 N–H and O–H groups in total. The van der Waals surface area contributed by atoms with Gasteiger partial charge in [0, 0.05) is 26.2 Å². The van der Waals surface area contributed by atoms with E-state index in [-0.39, 0.29) is 6.03 Å². The zero-order valence-corrected chi connectivity index (χ0v) is 17.1. The van der Waals surface area contributed by atoms with Crippen molar-refractivity contribution in [2.75, 3.05) is 26.2 Å². The second-order valence-electron chi connectivity index (χ2n) is 6.98. The zero-order valence-electron chi connectivity index (χ0n) is 17.1. The molecule has 3 nitrogen and oxygen atoms in total. The van der Waals surface area contributed by atoms with Crippen molar-refractivity contribution in [1.29, 1.82) is 0 Å². The molecule has 0 saturated carbocycles. The summed E-state index contributed by atoms with van der Waals surface area (Å²) >= 11 is 0. The Kier molecular flexibility index (Phi) is 16.6. The lowest BCUT2D eigenvalue weighted by Gasteiger charge is -2.29. The lowest BCUT2D eigenvalue weighted by molar-refractivity contribution is 0.155. The number of hydrogen-bond acceptors (Lipinski definition) is 1. The highest BCUT2D eigenvalue weighted by molar-refractivity contribution is 5.74. The molecule has 24 heavy (non-hydrogen) atoms. The summed E-state index contributed by atoms with van der Waals surface area (Å²) in [6.45, 7) is 12.2. The van der Waals surface area contributed by atoms with Crippen molar-refractivity contribution in [1.82, 2.24) is 9.80 Å². The van der Waals surface area contributed by atoms with Crippen LogP contribution >= 0.6 is 0 Å². The number of nitrogens with zero attached hydrogens (tertiary/aromatic N) is 2. The molecule has 0 aliphatic heterocycles. The maximum absolute atomic E-state index is 12.7. The highest BCUT2D eigenvalue weighted by Crippen LogP contribution is 2.10. The molecule has 0 atom stereocenters. The largest absolute Gasteiger partial charge is 0.325 e. The van der Waals surface area contributed by atoms with Crippen molar-refractivity contribution in [3.05, 3.63) is 0 Å². The minimum absolute atomic E-state index is 0.252. The molecule has 0 aromatic heterocycles. The van der Waals surface area contributed by atoms with Crippen LogP contribution in [0.3, 0.4) is 0 Å². The summed E-state index contributed by atoms with van der Waals surface area (Å²) < 4.78 is 0. The van der Waals surface area contributed by atoms with Gasteiger partial charge in [-0.3, -0.25) is 0 Å². The molecule has 0 bridgehead atoms. The third-order valence-corrected chi connectivity index (χ3v) is 4.87. The summed E-state index contributed by atoms with van der Waals surface area (Å²) in [5, 5.41) is 0. The second kappa shape index (κ2) is 17.1. The molecule has 3 heteroatoms. The molecule has 2 amide bonds. The van der Waals surface area contributed by atoms with E-state index >= 15 is 0 Å². The average Bonchev–Trinajstić information content (AvgIpc) is 2.60. The number of hydrogen-bond donors (Lipinski definition) is 0. The lowest BCUT2D eigenvalue weighted by Crippen LogP contribution is -2.44. The van der Waals surface area contributed by atoms with E-state index in [2.05, 4.69) is 27.7 Å². The third kappa shape index (κ3) is 11.8. The molecule has 0 unspecified atom stereocenters. The van der Waals surface area contributed by atoms with E-state index < -0.39 is 0 Å². The van der Waals surface area contributed by atoms with Gasteiger partial charge < -0.3 is 9.80 Å². The van der Waals surface area contributed by atoms with Gasteiger partial charge in [-0.1, -0.05) is 78.1 Å².